The highest BCUT2D eigenvalue weighted by molar-refractivity contribution is 7.89. The number of carbonyl (C=O) groups is 1. The molecule has 4 N–H and O–H groups in total. The predicted molar refractivity (Wildman–Crippen MR) is 73.8 cm³/mol. The van der Waals surface area contributed by atoms with Crippen LogP contribution in [0.3, 0.4) is 0 Å². The molecule has 0 bridgehead atoms. The van der Waals surface area contributed by atoms with Gasteiger partial charge in [-0.2, -0.15) is 0 Å². The first-order valence-electron chi connectivity index (χ1n) is 5.50. The van der Waals surface area contributed by atoms with Gasteiger partial charge in [0, 0.05) is 6.54 Å². The number of hydrogen-bond donors (Lipinski definition) is 3. The molecular formula is C11H15ClN2O5S. The molecule has 0 saturated heterocycles. The molecule has 1 aromatic rings. The van der Waals surface area contributed by atoms with Gasteiger partial charge in [-0.25, -0.2) is 17.9 Å². The van der Waals surface area contributed by atoms with E-state index in [0.29, 0.717) is 5.56 Å². The maximum atomic E-state index is 12.0. The number of sulfonamides is 1. The molecule has 0 aliphatic rings. The molecule has 112 valence electrons. The molecule has 7 nitrogen and oxygen atoms in total. The van der Waals surface area contributed by atoms with Gasteiger partial charge in [0.25, 0.3) is 0 Å². The average Bonchev–Trinajstić information content (AvgIpc) is 2.40. The van der Waals surface area contributed by atoms with Crippen LogP contribution in [0, 0.1) is 6.92 Å². The van der Waals surface area contributed by atoms with Crippen LogP contribution < -0.4 is 10.5 Å². The minimum atomic E-state index is -3.92. The zero-order valence-electron chi connectivity index (χ0n) is 10.9. The molecule has 0 fully saturated rings. The van der Waals surface area contributed by atoms with E-state index in [2.05, 4.69) is 9.46 Å². The second kappa shape index (κ2) is 6.40. The van der Waals surface area contributed by atoms with Crippen molar-refractivity contribution in [2.75, 3.05) is 19.4 Å². The average molecular weight is 323 g/mol. The van der Waals surface area contributed by atoms with Gasteiger partial charge in [0.1, 0.15) is 0 Å². The molecule has 20 heavy (non-hydrogen) atoms. The summed E-state index contributed by atoms with van der Waals surface area (Å²) >= 11 is 5.85. The van der Waals surface area contributed by atoms with Crippen LogP contribution in [0.25, 0.3) is 0 Å². The number of nitrogens with two attached hydrogens (primary N) is 1. The molecule has 1 unspecified atom stereocenters. The van der Waals surface area contributed by atoms with Crippen molar-refractivity contribution >= 4 is 33.3 Å². The third kappa shape index (κ3) is 3.83. The Morgan fingerprint density at radius 2 is 2.15 bits per heavy atom. The Morgan fingerprint density at radius 3 is 2.65 bits per heavy atom. The number of anilines is 1. The molecule has 1 rings (SSSR count). The summed E-state index contributed by atoms with van der Waals surface area (Å²) in [6, 6.07) is 2.54. The first-order valence-corrected chi connectivity index (χ1v) is 7.36. The Kier molecular flexibility index (Phi) is 5.35. The summed E-state index contributed by atoms with van der Waals surface area (Å²) in [5.41, 5.74) is 6.22. The van der Waals surface area contributed by atoms with Gasteiger partial charge in [-0.15, -0.1) is 0 Å². The number of halogens is 1. The molecule has 0 spiro atoms. The fourth-order valence-corrected chi connectivity index (χ4v) is 2.68. The number of methoxy groups -OCH3 is 1. The number of aryl methyl sites for hydroxylation is 1. The first-order chi connectivity index (χ1) is 9.19. The number of nitrogens with one attached hydrogen (secondary N) is 1. The van der Waals surface area contributed by atoms with E-state index >= 15 is 0 Å². The summed E-state index contributed by atoms with van der Waals surface area (Å²) in [4.78, 5) is 10.9. The van der Waals surface area contributed by atoms with Crippen molar-refractivity contribution < 1.29 is 23.1 Å². The molecule has 1 atom stereocenters. The fourth-order valence-electron chi connectivity index (χ4n) is 1.41. The Hall–Kier alpha value is -1.35. The SMILES string of the molecule is COC(=O)C(O)CNS(=O)(=O)c1cc(C)c(Cl)c(N)c1. The van der Waals surface area contributed by atoms with E-state index in [1.165, 1.54) is 12.1 Å². The Bertz CT molecular complexity index is 594. The van der Waals surface area contributed by atoms with Gasteiger partial charge >= 0.3 is 5.97 Å². The van der Waals surface area contributed by atoms with E-state index in [1.807, 2.05) is 0 Å². The van der Waals surface area contributed by atoms with Gasteiger partial charge in [-0.3, -0.25) is 0 Å². The van der Waals surface area contributed by atoms with E-state index in [0.717, 1.165) is 7.11 Å². The zero-order chi connectivity index (χ0) is 15.5. The molecule has 0 saturated carbocycles. The van der Waals surface area contributed by atoms with E-state index < -0.39 is 28.6 Å². The number of aliphatic hydroxyl groups is 1. The predicted octanol–water partition coefficient (Wildman–Crippen LogP) is 0.0428. The molecule has 0 amide bonds. The number of carbonyl (C=O) groups excluding carboxylic acids is 1. The molecule has 0 aliphatic carbocycles. The van der Waals surface area contributed by atoms with Crippen molar-refractivity contribution in [1.29, 1.82) is 0 Å². The number of esters is 1. The van der Waals surface area contributed by atoms with Crippen molar-refractivity contribution in [3.05, 3.63) is 22.7 Å². The second-order valence-corrected chi connectivity index (χ2v) is 6.18. The van der Waals surface area contributed by atoms with Crippen LogP contribution in [-0.2, 0) is 19.6 Å². The van der Waals surface area contributed by atoms with Gasteiger partial charge < -0.3 is 15.6 Å². The lowest BCUT2D eigenvalue weighted by atomic mass is 10.2. The zero-order valence-corrected chi connectivity index (χ0v) is 12.5. The van der Waals surface area contributed by atoms with Crippen LogP contribution in [0.15, 0.2) is 17.0 Å². The number of aliphatic hydroxyl groups excluding tert-OH is 1. The molecule has 0 radical (unpaired) electrons. The largest absolute Gasteiger partial charge is 0.467 e. The first kappa shape index (κ1) is 16.7. The number of hydrogen-bond acceptors (Lipinski definition) is 6. The Labute approximate surface area is 121 Å². The van der Waals surface area contributed by atoms with Crippen molar-refractivity contribution in [3.63, 3.8) is 0 Å². The third-order valence-electron chi connectivity index (χ3n) is 2.51. The lowest BCUT2D eigenvalue weighted by Gasteiger charge is -2.12. The summed E-state index contributed by atoms with van der Waals surface area (Å²) in [6.45, 7) is 1.11. The highest BCUT2D eigenvalue weighted by atomic mass is 35.5. The highest BCUT2D eigenvalue weighted by Crippen LogP contribution is 2.26. The van der Waals surface area contributed by atoms with E-state index in [9.17, 15) is 18.3 Å². The summed E-state index contributed by atoms with van der Waals surface area (Å²) in [5.74, 6) is -0.931. The highest BCUT2D eigenvalue weighted by Gasteiger charge is 2.21. The monoisotopic (exact) mass is 322 g/mol. The lowest BCUT2D eigenvalue weighted by Crippen LogP contribution is -2.37. The van der Waals surface area contributed by atoms with Crippen LogP contribution in [0.1, 0.15) is 5.56 Å². The van der Waals surface area contributed by atoms with E-state index in [-0.39, 0.29) is 15.6 Å². The minimum Gasteiger partial charge on any atom is -0.467 e. The standard InChI is InChI=1S/C11H15ClN2O5S/c1-6-3-7(4-8(13)10(6)12)20(17,18)14-5-9(15)11(16)19-2/h3-4,9,14-15H,5,13H2,1-2H3. The topological polar surface area (TPSA) is 119 Å². The Balaban J connectivity index is 2.92. The Morgan fingerprint density at radius 1 is 1.55 bits per heavy atom. The normalized spacial score (nSPS) is 13.0. The number of rotatable bonds is 5. The summed E-state index contributed by atoms with van der Waals surface area (Å²) in [5, 5.41) is 9.61. The lowest BCUT2D eigenvalue weighted by molar-refractivity contribution is -0.149. The third-order valence-corrected chi connectivity index (χ3v) is 4.43. The van der Waals surface area contributed by atoms with Crippen LogP contribution in [-0.4, -0.2) is 39.3 Å². The fraction of sp³-hybridized carbons (Fsp3) is 0.364. The van der Waals surface area contributed by atoms with Gasteiger partial charge in [0.05, 0.1) is 22.7 Å². The van der Waals surface area contributed by atoms with Crippen LogP contribution in [0.4, 0.5) is 5.69 Å². The van der Waals surface area contributed by atoms with Gasteiger partial charge in [0.15, 0.2) is 6.10 Å². The van der Waals surface area contributed by atoms with Crippen molar-refractivity contribution in [1.82, 2.24) is 4.72 Å². The molecule has 1 aromatic carbocycles. The number of nitrogen functional groups attached to an aromatic ring is 1. The summed E-state index contributed by atoms with van der Waals surface area (Å²) < 4.78 is 30.3. The van der Waals surface area contributed by atoms with Gasteiger partial charge in [0.2, 0.25) is 10.0 Å². The molecular weight excluding hydrogens is 308 g/mol. The van der Waals surface area contributed by atoms with Gasteiger partial charge in [-0.1, -0.05) is 11.6 Å². The molecule has 9 heteroatoms. The van der Waals surface area contributed by atoms with Crippen molar-refractivity contribution in [2.24, 2.45) is 0 Å². The van der Waals surface area contributed by atoms with E-state index in [1.54, 1.807) is 6.92 Å². The minimum absolute atomic E-state index is 0.103. The quantitative estimate of drug-likeness (QED) is 0.520. The van der Waals surface area contributed by atoms with Gasteiger partial charge in [-0.05, 0) is 24.6 Å². The molecule has 0 aliphatic heterocycles. The number of benzene rings is 1. The molecule has 0 aromatic heterocycles. The maximum absolute atomic E-state index is 12.0. The van der Waals surface area contributed by atoms with Crippen molar-refractivity contribution in [3.8, 4) is 0 Å². The summed E-state index contributed by atoms with van der Waals surface area (Å²) in [6.07, 6.45) is -1.58. The second-order valence-electron chi connectivity index (χ2n) is 4.03. The number of ether oxygens (including phenoxy) is 1. The van der Waals surface area contributed by atoms with Crippen LogP contribution in [0.2, 0.25) is 5.02 Å². The maximum Gasteiger partial charge on any atom is 0.336 e. The molecule has 0 heterocycles. The summed E-state index contributed by atoms with van der Waals surface area (Å²) in [7, 11) is -2.83. The van der Waals surface area contributed by atoms with E-state index in [4.69, 9.17) is 17.3 Å². The van der Waals surface area contributed by atoms with Crippen molar-refractivity contribution in [2.45, 2.75) is 17.9 Å². The van der Waals surface area contributed by atoms with Crippen LogP contribution >= 0.6 is 11.6 Å². The van der Waals surface area contributed by atoms with Crippen LogP contribution in [0.5, 0.6) is 0 Å². The smallest absolute Gasteiger partial charge is 0.336 e.